The smallest absolute Gasteiger partial charge is 0.328 e. The van der Waals surface area contributed by atoms with Crippen molar-refractivity contribution in [3.63, 3.8) is 0 Å². The van der Waals surface area contributed by atoms with Gasteiger partial charge in [-0.05, 0) is 11.6 Å². The van der Waals surface area contributed by atoms with E-state index in [0.717, 1.165) is 17.0 Å². The van der Waals surface area contributed by atoms with Gasteiger partial charge in [0.1, 0.15) is 6.04 Å². The van der Waals surface area contributed by atoms with Crippen LogP contribution in [0.15, 0.2) is 12.1 Å². The molecule has 5 heteroatoms. The number of methoxy groups -OCH3 is 1. The van der Waals surface area contributed by atoms with Gasteiger partial charge in [-0.15, -0.1) is 0 Å². The van der Waals surface area contributed by atoms with E-state index in [0.29, 0.717) is 12.2 Å². The average molecular weight is 249 g/mol. The van der Waals surface area contributed by atoms with Crippen LogP contribution in [-0.4, -0.2) is 24.9 Å². The molecule has 2 aliphatic heterocycles. The molecule has 0 saturated heterocycles. The van der Waals surface area contributed by atoms with Gasteiger partial charge >= 0.3 is 5.97 Å². The first-order valence-electron chi connectivity index (χ1n) is 5.88. The second kappa shape index (κ2) is 3.54. The summed E-state index contributed by atoms with van der Waals surface area (Å²) in [6, 6.07) is 3.48. The zero-order valence-corrected chi connectivity index (χ0v) is 10.6. The fraction of sp³-hybridized carbons (Fsp3) is 0.462. The summed E-state index contributed by atoms with van der Waals surface area (Å²) in [4.78, 5) is 11.5. The number of hydrogen-bond donors (Lipinski definition) is 1. The Bertz CT molecular complexity index is 487. The normalized spacial score (nSPS) is 22.3. The molecule has 2 heterocycles. The quantitative estimate of drug-likeness (QED) is 0.768. The van der Waals surface area contributed by atoms with E-state index >= 15 is 0 Å². The molecule has 1 atom stereocenters. The molecular formula is C13H15NO4. The van der Waals surface area contributed by atoms with Crippen LogP contribution >= 0.6 is 0 Å². The first kappa shape index (κ1) is 11.2. The summed E-state index contributed by atoms with van der Waals surface area (Å²) in [6.45, 7) is 3.73. The minimum absolute atomic E-state index is 0.256. The Morgan fingerprint density at radius 2 is 2.06 bits per heavy atom. The van der Waals surface area contributed by atoms with E-state index in [9.17, 15) is 4.79 Å². The van der Waals surface area contributed by atoms with E-state index in [-0.39, 0.29) is 12.0 Å². The lowest BCUT2D eigenvalue weighted by atomic mass is 10.1. The SMILES string of the molecule is COC(=O)[C@@H]1Cc2cc3c(cc2N1)OC(C)(C)O3. The summed E-state index contributed by atoms with van der Waals surface area (Å²) in [5, 5.41) is 3.13. The number of carbonyl (C=O) groups is 1. The molecule has 0 bridgehead atoms. The summed E-state index contributed by atoms with van der Waals surface area (Å²) in [6.07, 6.45) is 0.610. The lowest BCUT2D eigenvalue weighted by molar-refractivity contribution is -0.141. The minimum Gasteiger partial charge on any atom is -0.467 e. The Balaban J connectivity index is 1.89. The monoisotopic (exact) mass is 249 g/mol. The van der Waals surface area contributed by atoms with Crippen molar-refractivity contribution in [3.05, 3.63) is 17.7 Å². The van der Waals surface area contributed by atoms with Crippen molar-refractivity contribution in [3.8, 4) is 11.5 Å². The predicted molar refractivity (Wildman–Crippen MR) is 64.9 cm³/mol. The van der Waals surface area contributed by atoms with Crippen molar-refractivity contribution in [1.29, 1.82) is 0 Å². The topological polar surface area (TPSA) is 56.8 Å². The molecule has 1 N–H and O–H groups in total. The first-order valence-corrected chi connectivity index (χ1v) is 5.88. The van der Waals surface area contributed by atoms with Crippen molar-refractivity contribution in [1.82, 2.24) is 0 Å². The van der Waals surface area contributed by atoms with Crippen molar-refractivity contribution in [2.24, 2.45) is 0 Å². The lowest BCUT2D eigenvalue weighted by Gasteiger charge is -2.16. The number of fused-ring (bicyclic) bond motifs is 2. The second-order valence-corrected chi connectivity index (χ2v) is 4.98. The predicted octanol–water partition coefficient (Wildman–Crippen LogP) is 1.70. The molecule has 0 fully saturated rings. The van der Waals surface area contributed by atoms with Crippen molar-refractivity contribution in [2.45, 2.75) is 32.1 Å². The van der Waals surface area contributed by atoms with Crippen LogP contribution in [0.25, 0.3) is 0 Å². The van der Waals surface area contributed by atoms with E-state index in [1.54, 1.807) is 0 Å². The highest BCUT2D eigenvalue weighted by atomic mass is 16.7. The summed E-state index contributed by atoms with van der Waals surface area (Å²) in [7, 11) is 1.39. The fourth-order valence-corrected chi connectivity index (χ4v) is 2.36. The molecule has 0 unspecified atom stereocenters. The standard InChI is InChI=1S/C13H15NO4/c1-13(2)17-10-5-7-4-9(12(15)16-3)14-8(7)6-11(10)18-13/h5-6,9,14H,4H2,1-3H3/t9-/m0/s1. The molecule has 1 aromatic rings. The van der Waals surface area contributed by atoms with Crippen LogP contribution in [0.2, 0.25) is 0 Å². The number of benzene rings is 1. The zero-order chi connectivity index (χ0) is 12.9. The highest BCUT2D eigenvalue weighted by molar-refractivity contribution is 5.83. The summed E-state index contributed by atoms with van der Waals surface area (Å²) < 4.78 is 16.1. The third-order valence-corrected chi connectivity index (χ3v) is 3.12. The number of hydrogen-bond acceptors (Lipinski definition) is 5. The van der Waals surface area contributed by atoms with Gasteiger partial charge in [0, 0.05) is 32.0 Å². The van der Waals surface area contributed by atoms with Gasteiger partial charge in [0.05, 0.1) is 7.11 Å². The van der Waals surface area contributed by atoms with Gasteiger partial charge in [0.2, 0.25) is 5.79 Å². The maximum absolute atomic E-state index is 11.5. The Morgan fingerprint density at radius 1 is 1.39 bits per heavy atom. The number of ether oxygens (including phenoxy) is 3. The summed E-state index contributed by atoms with van der Waals surface area (Å²) in [5.74, 6) is 0.551. The van der Waals surface area contributed by atoms with Gasteiger partial charge in [-0.25, -0.2) is 4.79 Å². The molecule has 0 saturated carbocycles. The maximum Gasteiger partial charge on any atom is 0.328 e. The van der Waals surface area contributed by atoms with Crippen LogP contribution in [0, 0.1) is 0 Å². The van der Waals surface area contributed by atoms with Crippen LogP contribution < -0.4 is 14.8 Å². The number of carbonyl (C=O) groups excluding carboxylic acids is 1. The van der Waals surface area contributed by atoms with Gasteiger partial charge in [-0.2, -0.15) is 0 Å². The van der Waals surface area contributed by atoms with Gasteiger partial charge in [0.15, 0.2) is 11.5 Å². The molecule has 0 radical (unpaired) electrons. The van der Waals surface area contributed by atoms with Crippen molar-refractivity contribution >= 4 is 11.7 Å². The second-order valence-electron chi connectivity index (χ2n) is 4.98. The molecule has 18 heavy (non-hydrogen) atoms. The minimum atomic E-state index is -0.626. The third kappa shape index (κ3) is 1.66. The number of nitrogens with one attached hydrogen (secondary N) is 1. The average Bonchev–Trinajstić information content (AvgIpc) is 2.82. The Kier molecular flexibility index (Phi) is 2.20. The third-order valence-electron chi connectivity index (χ3n) is 3.12. The summed E-state index contributed by atoms with van der Waals surface area (Å²) in [5.41, 5.74) is 1.95. The molecule has 5 nitrogen and oxygen atoms in total. The number of anilines is 1. The molecule has 1 aromatic carbocycles. The van der Waals surface area contributed by atoms with Crippen molar-refractivity contribution in [2.75, 3.05) is 12.4 Å². The van der Waals surface area contributed by atoms with Crippen LogP contribution in [-0.2, 0) is 16.0 Å². The van der Waals surface area contributed by atoms with E-state index in [4.69, 9.17) is 14.2 Å². The molecule has 0 spiro atoms. The van der Waals surface area contributed by atoms with Crippen LogP contribution in [0.1, 0.15) is 19.4 Å². The molecule has 0 amide bonds. The van der Waals surface area contributed by atoms with Gasteiger partial charge < -0.3 is 19.5 Å². The van der Waals surface area contributed by atoms with Gasteiger partial charge in [-0.3, -0.25) is 0 Å². The molecule has 0 aromatic heterocycles. The fourth-order valence-electron chi connectivity index (χ4n) is 2.36. The van der Waals surface area contributed by atoms with Crippen molar-refractivity contribution < 1.29 is 19.0 Å². The Morgan fingerprint density at radius 3 is 2.72 bits per heavy atom. The van der Waals surface area contributed by atoms with Gasteiger partial charge in [-0.1, -0.05) is 0 Å². The first-order chi connectivity index (χ1) is 8.48. The zero-order valence-electron chi connectivity index (χ0n) is 10.6. The highest BCUT2D eigenvalue weighted by Crippen LogP contribution is 2.44. The highest BCUT2D eigenvalue weighted by Gasteiger charge is 2.35. The maximum atomic E-state index is 11.5. The molecule has 0 aliphatic carbocycles. The molecule has 3 rings (SSSR count). The van der Waals surface area contributed by atoms with E-state index < -0.39 is 5.79 Å². The van der Waals surface area contributed by atoms with Gasteiger partial charge in [0.25, 0.3) is 0 Å². The molecule has 96 valence electrons. The Labute approximate surface area is 105 Å². The largest absolute Gasteiger partial charge is 0.467 e. The van der Waals surface area contributed by atoms with E-state index in [1.165, 1.54) is 7.11 Å². The molecule has 2 aliphatic rings. The lowest BCUT2D eigenvalue weighted by Crippen LogP contribution is -2.30. The van der Waals surface area contributed by atoms with E-state index in [1.807, 2.05) is 26.0 Å². The van der Waals surface area contributed by atoms with E-state index in [2.05, 4.69) is 5.32 Å². The van der Waals surface area contributed by atoms with Crippen LogP contribution in [0.3, 0.4) is 0 Å². The Hall–Kier alpha value is -1.91. The number of rotatable bonds is 1. The van der Waals surface area contributed by atoms with Crippen LogP contribution in [0.5, 0.6) is 11.5 Å². The van der Waals surface area contributed by atoms with Crippen LogP contribution in [0.4, 0.5) is 5.69 Å². The molecular weight excluding hydrogens is 234 g/mol. The number of esters is 1. The summed E-state index contributed by atoms with van der Waals surface area (Å²) >= 11 is 0.